The first-order valence-electron chi connectivity index (χ1n) is 9.16. The second kappa shape index (κ2) is 8.89. The maximum atomic E-state index is 13.3. The average molecular weight is 414 g/mol. The molecular weight excluding hydrogens is 394 g/mol. The van der Waals surface area contributed by atoms with Gasteiger partial charge < -0.3 is 14.0 Å². The number of para-hydroxylation sites is 1. The Bertz CT molecular complexity index is 1040. The van der Waals surface area contributed by atoms with Crippen LogP contribution in [0.4, 0.5) is 8.78 Å². The SMILES string of the molecule is COc1ccc2c(c1)C(NNNCOc1ccccc1)=NCc1c(C(F)F)ncn1-2. The molecule has 0 bridgehead atoms. The summed E-state index contributed by atoms with van der Waals surface area (Å²) < 4.78 is 39.2. The Labute approximate surface area is 171 Å². The third kappa shape index (κ3) is 4.09. The van der Waals surface area contributed by atoms with Gasteiger partial charge >= 0.3 is 0 Å². The lowest BCUT2D eigenvalue weighted by Crippen LogP contribution is -2.48. The maximum absolute atomic E-state index is 13.3. The first-order valence-corrected chi connectivity index (χ1v) is 9.16. The highest BCUT2D eigenvalue weighted by molar-refractivity contribution is 6.02. The van der Waals surface area contributed by atoms with Gasteiger partial charge in [0.15, 0.2) is 6.73 Å². The van der Waals surface area contributed by atoms with Gasteiger partial charge in [0.2, 0.25) is 0 Å². The van der Waals surface area contributed by atoms with Gasteiger partial charge in [-0.15, -0.1) is 0 Å². The molecule has 10 heteroatoms. The number of halogens is 2. The summed E-state index contributed by atoms with van der Waals surface area (Å²) in [6, 6.07) is 14.7. The summed E-state index contributed by atoms with van der Waals surface area (Å²) in [4.78, 5) is 8.33. The van der Waals surface area contributed by atoms with Crippen LogP contribution < -0.4 is 25.9 Å². The summed E-state index contributed by atoms with van der Waals surface area (Å²) in [5.74, 6) is 1.79. The Morgan fingerprint density at radius 3 is 2.73 bits per heavy atom. The van der Waals surface area contributed by atoms with Gasteiger partial charge in [-0.05, 0) is 30.3 Å². The van der Waals surface area contributed by atoms with Crippen molar-refractivity contribution in [3.05, 3.63) is 71.8 Å². The number of aliphatic imine (C=N–C) groups is 1. The number of amidine groups is 1. The maximum Gasteiger partial charge on any atom is 0.282 e. The van der Waals surface area contributed by atoms with Crippen molar-refractivity contribution in [2.45, 2.75) is 13.0 Å². The first-order chi connectivity index (χ1) is 14.7. The molecule has 3 N–H and O–H groups in total. The Morgan fingerprint density at radius 1 is 1.13 bits per heavy atom. The quantitative estimate of drug-likeness (QED) is 0.313. The minimum Gasteiger partial charge on any atom is -0.497 e. The summed E-state index contributed by atoms with van der Waals surface area (Å²) in [5, 5.41) is 0. The number of alkyl halides is 2. The van der Waals surface area contributed by atoms with Gasteiger partial charge in [-0.1, -0.05) is 18.2 Å². The molecule has 0 radical (unpaired) electrons. The molecule has 0 unspecified atom stereocenters. The van der Waals surface area contributed by atoms with E-state index >= 15 is 0 Å². The molecular formula is C20H20F2N6O2. The fourth-order valence-corrected chi connectivity index (χ4v) is 3.10. The van der Waals surface area contributed by atoms with Crippen LogP contribution in [0.1, 0.15) is 23.4 Å². The number of nitrogens with one attached hydrogen (secondary N) is 3. The molecule has 2 aromatic carbocycles. The number of rotatable bonds is 7. The van der Waals surface area contributed by atoms with E-state index in [1.54, 1.807) is 29.9 Å². The number of fused-ring (bicyclic) bond motifs is 3. The number of nitrogens with zero attached hydrogens (tertiary/aromatic N) is 3. The van der Waals surface area contributed by atoms with Crippen molar-refractivity contribution in [2.75, 3.05) is 13.8 Å². The van der Waals surface area contributed by atoms with E-state index in [4.69, 9.17) is 9.47 Å². The van der Waals surface area contributed by atoms with Crippen molar-refractivity contribution in [3.8, 4) is 17.2 Å². The van der Waals surface area contributed by atoms with Crippen LogP contribution >= 0.6 is 0 Å². The van der Waals surface area contributed by atoms with Gasteiger partial charge in [0.25, 0.3) is 6.43 Å². The fourth-order valence-electron chi connectivity index (χ4n) is 3.10. The second-order valence-electron chi connectivity index (χ2n) is 6.32. The Kier molecular flexibility index (Phi) is 5.87. The smallest absolute Gasteiger partial charge is 0.282 e. The monoisotopic (exact) mass is 414 g/mol. The zero-order valence-electron chi connectivity index (χ0n) is 16.1. The molecule has 156 valence electrons. The van der Waals surface area contributed by atoms with Gasteiger partial charge in [0.05, 0.1) is 25.0 Å². The molecule has 0 fully saturated rings. The topological polar surface area (TPSA) is 84.7 Å². The summed E-state index contributed by atoms with van der Waals surface area (Å²) in [7, 11) is 1.56. The Morgan fingerprint density at radius 2 is 1.97 bits per heavy atom. The van der Waals surface area contributed by atoms with Crippen LogP contribution in [0.5, 0.6) is 11.5 Å². The molecule has 0 saturated carbocycles. The second-order valence-corrected chi connectivity index (χ2v) is 6.32. The number of ether oxygens (including phenoxy) is 2. The Hall–Kier alpha value is -3.50. The molecule has 0 spiro atoms. The van der Waals surface area contributed by atoms with Crippen LogP contribution in [0.2, 0.25) is 0 Å². The van der Waals surface area contributed by atoms with Crippen molar-refractivity contribution in [1.29, 1.82) is 0 Å². The Balaban J connectivity index is 1.51. The zero-order chi connectivity index (χ0) is 20.9. The van der Waals surface area contributed by atoms with E-state index in [1.165, 1.54) is 6.33 Å². The first kappa shape index (κ1) is 19.8. The summed E-state index contributed by atoms with van der Waals surface area (Å²) in [6.45, 7) is 0.232. The number of hydrogen-bond acceptors (Lipinski definition) is 7. The van der Waals surface area contributed by atoms with Crippen LogP contribution in [0.25, 0.3) is 5.69 Å². The number of aromatic nitrogens is 2. The predicted octanol–water partition coefficient (Wildman–Crippen LogP) is 2.71. The largest absolute Gasteiger partial charge is 0.497 e. The number of hydrazine groups is 2. The van der Waals surface area contributed by atoms with Gasteiger partial charge in [-0.2, -0.15) is 5.53 Å². The van der Waals surface area contributed by atoms with Crippen LogP contribution in [-0.4, -0.2) is 29.2 Å². The molecule has 3 aromatic rings. The molecule has 0 amide bonds. The fraction of sp³-hybridized carbons (Fsp3) is 0.200. The molecule has 2 heterocycles. The lowest BCUT2D eigenvalue weighted by molar-refractivity contribution is 0.145. The zero-order valence-corrected chi connectivity index (χ0v) is 16.1. The molecule has 8 nitrogen and oxygen atoms in total. The van der Waals surface area contributed by atoms with E-state index in [2.05, 4.69) is 26.4 Å². The molecule has 4 rings (SSSR count). The predicted molar refractivity (Wildman–Crippen MR) is 107 cm³/mol. The van der Waals surface area contributed by atoms with E-state index in [0.717, 1.165) is 5.75 Å². The average Bonchev–Trinajstić information content (AvgIpc) is 3.13. The summed E-state index contributed by atoms with van der Waals surface area (Å²) in [6.07, 6.45) is -1.29. The van der Waals surface area contributed by atoms with Gasteiger partial charge in [-0.3, -0.25) is 10.4 Å². The number of hydrogen-bond donors (Lipinski definition) is 3. The van der Waals surface area contributed by atoms with Crippen molar-refractivity contribution in [1.82, 2.24) is 25.9 Å². The highest BCUT2D eigenvalue weighted by atomic mass is 19.3. The molecule has 1 aliphatic rings. The third-order valence-electron chi connectivity index (χ3n) is 4.53. The highest BCUT2D eigenvalue weighted by Gasteiger charge is 2.25. The molecule has 1 aromatic heterocycles. The molecule has 0 atom stereocenters. The van der Waals surface area contributed by atoms with Crippen LogP contribution in [0, 0.1) is 0 Å². The molecule has 30 heavy (non-hydrogen) atoms. The summed E-state index contributed by atoms with van der Waals surface area (Å²) >= 11 is 0. The standard InChI is InChI=1S/C20H20F2N6O2/c1-29-14-7-8-16-15(9-14)20(23-10-17-18(19(21)22)24-11-28(16)17)26-27-25-12-30-13-5-3-2-4-6-13/h2-9,11,19,25,27H,10,12H2,1H3,(H,23,26). The lowest BCUT2D eigenvalue weighted by Gasteiger charge is -2.15. The van der Waals surface area contributed by atoms with Crippen molar-refractivity contribution < 1.29 is 18.3 Å². The van der Waals surface area contributed by atoms with Gasteiger partial charge in [-0.25, -0.2) is 19.2 Å². The molecule has 0 aliphatic carbocycles. The van der Waals surface area contributed by atoms with Crippen molar-refractivity contribution in [3.63, 3.8) is 0 Å². The lowest BCUT2D eigenvalue weighted by atomic mass is 10.1. The highest BCUT2D eigenvalue weighted by Crippen LogP contribution is 2.30. The van der Waals surface area contributed by atoms with E-state index in [1.807, 2.05) is 30.3 Å². The van der Waals surface area contributed by atoms with Crippen LogP contribution in [-0.2, 0) is 6.54 Å². The van der Waals surface area contributed by atoms with Crippen LogP contribution in [0.3, 0.4) is 0 Å². The van der Waals surface area contributed by atoms with Crippen molar-refractivity contribution in [2.24, 2.45) is 4.99 Å². The molecule has 1 aliphatic heterocycles. The van der Waals surface area contributed by atoms with E-state index < -0.39 is 6.43 Å². The number of imidazole rings is 1. The number of benzene rings is 2. The van der Waals surface area contributed by atoms with Gasteiger partial charge in [0, 0.05) is 5.56 Å². The van der Waals surface area contributed by atoms with Crippen molar-refractivity contribution >= 4 is 5.84 Å². The van der Waals surface area contributed by atoms with Gasteiger partial charge in [0.1, 0.15) is 29.4 Å². The minimum atomic E-state index is -2.68. The number of methoxy groups -OCH3 is 1. The molecule has 0 saturated heterocycles. The normalized spacial score (nSPS) is 12.6. The van der Waals surface area contributed by atoms with Crippen LogP contribution in [0.15, 0.2) is 59.9 Å². The van der Waals surface area contributed by atoms with E-state index in [0.29, 0.717) is 28.5 Å². The third-order valence-corrected chi connectivity index (χ3v) is 4.53. The summed E-state index contributed by atoms with van der Waals surface area (Å²) in [5.41, 5.74) is 10.1. The van der Waals surface area contributed by atoms with E-state index in [9.17, 15) is 8.78 Å². The minimum absolute atomic E-state index is 0.0429. The van der Waals surface area contributed by atoms with E-state index in [-0.39, 0.29) is 19.0 Å².